The van der Waals surface area contributed by atoms with E-state index in [1.54, 1.807) is 32.0 Å². The second-order valence-corrected chi connectivity index (χ2v) is 3.12. The van der Waals surface area contributed by atoms with E-state index in [0.717, 1.165) is 0 Å². The Morgan fingerprint density at radius 3 is 2.67 bits per heavy atom. The van der Waals surface area contributed by atoms with E-state index in [9.17, 15) is 9.90 Å². The highest BCUT2D eigenvalue weighted by Crippen LogP contribution is 2.16. The zero-order chi connectivity index (χ0) is 9.19. The Balaban J connectivity index is 3.10. The first kappa shape index (κ1) is 8.87. The third kappa shape index (κ3) is 1.89. The zero-order valence-corrected chi connectivity index (χ0v) is 7.11. The van der Waals surface area contributed by atoms with Gasteiger partial charge in [0.1, 0.15) is 11.3 Å². The van der Waals surface area contributed by atoms with E-state index in [0.29, 0.717) is 17.7 Å². The average Bonchev–Trinajstić information content (AvgIpc) is 2.03. The lowest BCUT2D eigenvalue weighted by atomic mass is 10.0. The molecule has 12 heavy (non-hydrogen) atoms. The fourth-order valence-electron chi connectivity index (χ4n) is 0.858. The van der Waals surface area contributed by atoms with Gasteiger partial charge in [0.15, 0.2) is 6.29 Å². The van der Waals surface area contributed by atoms with Crippen LogP contribution in [0.25, 0.3) is 0 Å². The van der Waals surface area contributed by atoms with Gasteiger partial charge in [-0.25, -0.2) is 4.98 Å². The summed E-state index contributed by atoms with van der Waals surface area (Å²) < 4.78 is 0. The predicted molar refractivity (Wildman–Crippen MR) is 44.9 cm³/mol. The molecule has 0 fully saturated rings. The van der Waals surface area contributed by atoms with Crippen LogP contribution in [-0.4, -0.2) is 16.4 Å². The van der Waals surface area contributed by atoms with Gasteiger partial charge >= 0.3 is 0 Å². The first-order valence-corrected chi connectivity index (χ1v) is 3.69. The summed E-state index contributed by atoms with van der Waals surface area (Å²) in [5.41, 5.74) is -0.138. The number of carbonyl (C=O) groups is 1. The summed E-state index contributed by atoms with van der Waals surface area (Å²) in [5.74, 6) is 0. The lowest BCUT2D eigenvalue weighted by Crippen LogP contribution is -2.17. The monoisotopic (exact) mass is 165 g/mol. The molecule has 0 aromatic carbocycles. The summed E-state index contributed by atoms with van der Waals surface area (Å²) in [6, 6.07) is 4.99. The van der Waals surface area contributed by atoms with Crippen molar-refractivity contribution in [2.45, 2.75) is 19.4 Å². The largest absolute Gasteiger partial charge is 0.384 e. The van der Waals surface area contributed by atoms with Gasteiger partial charge in [-0.2, -0.15) is 0 Å². The zero-order valence-electron chi connectivity index (χ0n) is 7.11. The highest BCUT2D eigenvalue weighted by Gasteiger charge is 2.17. The van der Waals surface area contributed by atoms with Gasteiger partial charge in [-0.1, -0.05) is 6.07 Å². The third-order valence-electron chi connectivity index (χ3n) is 1.52. The standard InChI is InChI=1S/C9H11NO2/c1-9(2,12)8-5-3-4-7(6-11)10-8/h3-6,12H,1-2H3. The summed E-state index contributed by atoms with van der Waals surface area (Å²) in [4.78, 5) is 14.3. The van der Waals surface area contributed by atoms with Gasteiger partial charge in [0.2, 0.25) is 0 Å². The predicted octanol–water partition coefficient (Wildman–Crippen LogP) is 1.12. The number of carbonyl (C=O) groups excluding carboxylic acids is 1. The fraction of sp³-hybridized carbons (Fsp3) is 0.333. The maximum Gasteiger partial charge on any atom is 0.168 e. The van der Waals surface area contributed by atoms with Crippen LogP contribution >= 0.6 is 0 Å². The van der Waals surface area contributed by atoms with Crippen LogP contribution in [0.3, 0.4) is 0 Å². The van der Waals surface area contributed by atoms with Crippen molar-refractivity contribution in [1.82, 2.24) is 4.98 Å². The molecule has 3 heteroatoms. The Morgan fingerprint density at radius 1 is 1.50 bits per heavy atom. The Labute approximate surface area is 71.1 Å². The molecule has 64 valence electrons. The minimum absolute atomic E-state index is 0.342. The minimum atomic E-state index is -0.987. The number of aldehydes is 1. The summed E-state index contributed by atoms with van der Waals surface area (Å²) in [5, 5.41) is 9.53. The van der Waals surface area contributed by atoms with Gasteiger partial charge in [0.25, 0.3) is 0 Å². The van der Waals surface area contributed by atoms with E-state index < -0.39 is 5.60 Å². The molecule has 0 aliphatic carbocycles. The number of nitrogens with zero attached hydrogens (tertiary/aromatic N) is 1. The molecular formula is C9H11NO2. The van der Waals surface area contributed by atoms with Crippen molar-refractivity contribution in [2.24, 2.45) is 0 Å². The molecule has 0 bridgehead atoms. The van der Waals surface area contributed by atoms with Crippen LogP contribution in [0.4, 0.5) is 0 Å². The molecule has 0 saturated carbocycles. The second kappa shape index (κ2) is 3.03. The maximum absolute atomic E-state index is 10.3. The van der Waals surface area contributed by atoms with Crippen molar-refractivity contribution < 1.29 is 9.90 Å². The smallest absolute Gasteiger partial charge is 0.168 e. The topological polar surface area (TPSA) is 50.2 Å². The van der Waals surface area contributed by atoms with Crippen LogP contribution in [0.5, 0.6) is 0 Å². The van der Waals surface area contributed by atoms with E-state index in [2.05, 4.69) is 4.98 Å². The van der Waals surface area contributed by atoms with Gasteiger partial charge in [0, 0.05) is 0 Å². The summed E-state index contributed by atoms with van der Waals surface area (Å²) in [6.45, 7) is 3.26. The number of hydrogen-bond donors (Lipinski definition) is 1. The molecule has 0 amide bonds. The van der Waals surface area contributed by atoms with Crippen molar-refractivity contribution in [3.05, 3.63) is 29.6 Å². The quantitative estimate of drug-likeness (QED) is 0.668. The van der Waals surface area contributed by atoms with E-state index in [4.69, 9.17) is 0 Å². The van der Waals surface area contributed by atoms with E-state index in [1.807, 2.05) is 0 Å². The van der Waals surface area contributed by atoms with Gasteiger partial charge in [-0.05, 0) is 26.0 Å². The molecule has 0 atom stereocenters. The van der Waals surface area contributed by atoms with Crippen molar-refractivity contribution in [3.8, 4) is 0 Å². The third-order valence-corrected chi connectivity index (χ3v) is 1.52. The molecule has 0 aliphatic rings. The van der Waals surface area contributed by atoms with Gasteiger partial charge in [-0.15, -0.1) is 0 Å². The van der Waals surface area contributed by atoms with Crippen LogP contribution in [0, 0.1) is 0 Å². The van der Waals surface area contributed by atoms with Gasteiger partial charge in [-0.3, -0.25) is 4.79 Å². The molecular weight excluding hydrogens is 154 g/mol. The summed E-state index contributed by atoms with van der Waals surface area (Å²) >= 11 is 0. The highest BCUT2D eigenvalue weighted by atomic mass is 16.3. The van der Waals surface area contributed by atoms with Crippen molar-refractivity contribution in [3.63, 3.8) is 0 Å². The summed E-state index contributed by atoms with van der Waals surface area (Å²) in [7, 11) is 0. The molecule has 0 aliphatic heterocycles. The van der Waals surface area contributed by atoms with Crippen LogP contribution in [0.2, 0.25) is 0 Å². The van der Waals surface area contributed by atoms with E-state index >= 15 is 0 Å². The van der Waals surface area contributed by atoms with Crippen LogP contribution < -0.4 is 0 Å². The Bertz CT molecular complexity index is 289. The molecule has 3 nitrogen and oxygen atoms in total. The Hall–Kier alpha value is -1.22. The highest BCUT2D eigenvalue weighted by molar-refractivity contribution is 5.71. The molecule has 1 aromatic rings. The average molecular weight is 165 g/mol. The second-order valence-electron chi connectivity index (χ2n) is 3.12. The van der Waals surface area contributed by atoms with Gasteiger partial charge < -0.3 is 5.11 Å². The van der Waals surface area contributed by atoms with Crippen LogP contribution in [-0.2, 0) is 5.60 Å². The molecule has 0 spiro atoms. The minimum Gasteiger partial charge on any atom is -0.384 e. The summed E-state index contributed by atoms with van der Waals surface area (Å²) in [6.07, 6.45) is 0.662. The Morgan fingerprint density at radius 2 is 2.17 bits per heavy atom. The van der Waals surface area contributed by atoms with Gasteiger partial charge in [0.05, 0.1) is 5.69 Å². The lowest BCUT2D eigenvalue weighted by molar-refractivity contribution is 0.0736. The van der Waals surface area contributed by atoms with Crippen molar-refractivity contribution in [2.75, 3.05) is 0 Å². The lowest BCUT2D eigenvalue weighted by Gasteiger charge is -2.15. The Kier molecular flexibility index (Phi) is 2.24. The SMILES string of the molecule is CC(C)(O)c1cccc(C=O)n1. The molecule has 0 radical (unpaired) electrons. The fourth-order valence-corrected chi connectivity index (χ4v) is 0.858. The first-order chi connectivity index (χ1) is 5.54. The number of hydrogen-bond acceptors (Lipinski definition) is 3. The molecule has 0 saturated heterocycles. The van der Waals surface area contributed by atoms with Crippen LogP contribution in [0.1, 0.15) is 30.0 Å². The molecule has 1 heterocycles. The van der Waals surface area contributed by atoms with Crippen molar-refractivity contribution in [1.29, 1.82) is 0 Å². The van der Waals surface area contributed by atoms with E-state index in [1.165, 1.54) is 0 Å². The maximum atomic E-state index is 10.3. The first-order valence-electron chi connectivity index (χ1n) is 3.69. The molecule has 0 unspecified atom stereocenters. The van der Waals surface area contributed by atoms with Crippen LogP contribution in [0.15, 0.2) is 18.2 Å². The molecule has 1 N–H and O–H groups in total. The van der Waals surface area contributed by atoms with E-state index in [-0.39, 0.29) is 0 Å². The molecule has 1 aromatic heterocycles. The number of pyridine rings is 1. The number of aliphatic hydroxyl groups is 1. The molecule has 1 rings (SSSR count). The number of rotatable bonds is 2. The number of aromatic nitrogens is 1. The van der Waals surface area contributed by atoms with Crippen molar-refractivity contribution >= 4 is 6.29 Å². The normalized spacial score (nSPS) is 11.2.